The van der Waals surface area contributed by atoms with Crippen LogP contribution in [0.5, 0.6) is 0 Å². The molecule has 7 heteroatoms. The van der Waals surface area contributed by atoms with Crippen LogP contribution in [-0.2, 0) is 4.79 Å². The number of rotatable bonds is 4. The molecular weight excluding hydrogens is 230 g/mol. The molecule has 0 aromatic carbocycles. The van der Waals surface area contributed by atoms with Crippen molar-refractivity contribution in [3.05, 3.63) is 11.3 Å². The molecule has 0 spiro atoms. The number of carbonyl (C=O) groups is 1. The Kier molecular flexibility index (Phi) is 4.34. The molecule has 1 heterocycles. The SMILES string of the molecule is CC(=O)SCC(O)C(O)c1c(N)n[nH]c1C. The fraction of sp³-hybridized carbons (Fsp3) is 0.556. The zero-order valence-electron chi connectivity index (χ0n) is 9.10. The molecule has 1 aromatic rings. The summed E-state index contributed by atoms with van der Waals surface area (Å²) in [6, 6.07) is 0. The standard InChI is InChI=1S/C9H15N3O3S/c1-4-7(9(10)12-11-4)8(15)6(14)3-16-5(2)13/h6,8,14-15H,3H2,1-2H3,(H3,10,11,12). The largest absolute Gasteiger partial charge is 0.389 e. The smallest absolute Gasteiger partial charge is 0.185 e. The minimum atomic E-state index is -1.13. The van der Waals surface area contributed by atoms with Gasteiger partial charge in [0.15, 0.2) is 10.9 Å². The van der Waals surface area contributed by atoms with Crippen molar-refractivity contribution >= 4 is 22.7 Å². The average molecular weight is 245 g/mol. The first kappa shape index (κ1) is 13.0. The Morgan fingerprint density at radius 3 is 2.69 bits per heavy atom. The second kappa shape index (κ2) is 5.33. The van der Waals surface area contributed by atoms with Crippen LogP contribution in [0.4, 0.5) is 5.82 Å². The molecule has 0 saturated carbocycles. The molecule has 2 atom stereocenters. The Bertz CT molecular complexity index is 361. The molecule has 90 valence electrons. The van der Waals surface area contributed by atoms with E-state index in [1.165, 1.54) is 6.92 Å². The van der Waals surface area contributed by atoms with Crippen LogP contribution >= 0.6 is 11.8 Å². The quantitative estimate of drug-likeness (QED) is 0.593. The maximum Gasteiger partial charge on any atom is 0.185 e. The highest BCUT2D eigenvalue weighted by Gasteiger charge is 2.24. The Morgan fingerprint density at radius 2 is 2.25 bits per heavy atom. The summed E-state index contributed by atoms with van der Waals surface area (Å²) in [7, 11) is 0. The number of nitrogens with two attached hydrogens (primary N) is 1. The summed E-state index contributed by atoms with van der Waals surface area (Å²) in [5, 5.41) is 25.7. The number of H-pyrrole nitrogens is 1. The summed E-state index contributed by atoms with van der Waals surface area (Å²) >= 11 is 0.956. The van der Waals surface area contributed by atoms with Gasteiger partial charge in [0.2, 0.25) is 0 Å². The monoisotopic (exact) mass is 245 g/mol. The van der Waals surface area contributed by atoms with Crippen LogP contribution in [0.1, 0.15) is 24.3 Å². The van der Waals surface area contributed by atoms with E-state index in [0.717, 1.165) is 11.8 Å². The number of hydrogen-bond acceptors (Lipinski definition) is 6. The second-order valence-electron chi connectivity index (χ2n) is 3.46. The van der Waals surface area contributed by atoms with Crippen molar-refractivity contribution in [3.8, 4) is 0 Å². The maximum absolute atomic E-state index is 10.7. The van der Waals surface area contributed by atoms with Crippen LogP contribution < -0.4 is 5.73 Å². The van der Waals surface area contributed by atoms with Crippen molar-refractivity contribution in [2.45, 2.75) is 26.1 Å². The van der Waals surface area contributed by atoms with Gasteiger partial charge in [0.25, 0.3) is 0 Å². The zero-order valence-corrected chi connectivity index (χ0v) is 9.91. The predicted octanol–water partition coefficient (Wildman–Crippen LogP) is -0.0257. The number of hydrogen-bond donors (Lipinski definition) is 4. The van der Waals surface area contributed by atoms with Gasteiger partial charge in [-0.3, -0.25) is 9.89 Å². The predicted molar refractivity (Wildman–Crippen MR) is 61.8 cm³/mol. The van der Waals surface area contributed by atoms with Crippen molar-refractivity contribution in [1.82, 2.24) is 10.2 Å². The summed E-state index contributed by atoms with van der Waals surface area (Å²) < 4.78 is 0. The normalized spacial score (nSPS) is 14.8. The number of aliphatic hydroxyl groups is 2. The molecule has 0 aliphatic heterocycles. The van der Waals surface area contributed by atoms with Crippen LogP contribution in [0.2, 0.25) is 0 Å². The number of nitrogens with one attached hydrogen (secondary N) is 1. The number of aromatic nitrogens is 2. The van der Waals surface area contributed by atoms with E-state index in [-0.39, 0.29) is 16.7 Å². The minimum Gasteiger partial charge on any atom is -0.389 e. The number of carbonyl (C=O) groups excluding carboxylic acids is 1. The van der Waals surface area contributed by atoms with Gasteiger partial charge in [-0.05, 0) is 6.92 Å². The topological polar surface area (TPSA) is 112 Å². The van der Waals surface area contributed by atoms with Gasteiger partial charge in [-0.2, -0.15) is 5.10 Å². The third-order valence-electron chi connectivity index (χ3n) is 2.14. The molecule has 0 saturated heterocycles. The van der Waals surface area contributed by atoms with E-state index in [2.05, 4.69) is 10.2 Å². The number of thioether (sulfide) groups is 1. The van der Waals surface area contributed by atoms with Crippen LogP contribution in [0.15, 0.2) is 0 Å². The van der Waals surface area contributed by atoms with E-state index in [9.17, 15) is 15.0 Å². The van der Waals surface area contributed by atoms with Crippen molar-refractivity contribution in [3.63, 3.8) is 0 Å². The van der Waals surface area contributed by atoms with Crippen molar-refractivity contribution in [2.24, 2.45) is 0 Å². The van der Waals surface area contributed by atoms with E-state index >= 15 is 0 Å². The first-order valence-electron chi connectivity index (χ1n) is 4.73. The Labute approximate surface area is 97.2 Å². The van der Waals surface area contributed by atoms with Gasteiger partial charge >= 0.3 is 0 Å². The third kappa shape index (κ3) is 2.97. The molecule has 2 unspecified atom stereocenters. The first-order valence-corrected chi connectivity index (χ1v) is 5.72. The molecule has 5 N–H and O–H groups in total. The maximum atomic E-state index is 10.7. The van der Waals surface area contributed by atoms with Crippen molar-refractivity contribution in [1.29, 1.82) is 0 Å². The summed E-state index contributed by atoms with van der Waals surface area (Å²) in [5.41, 5.74) is 6.54. The van der Waals surface area contributed by atoms with Gasteiger partial charge in [-0.1, -0.05) is 11.8 Å². The number of nitrogens with zero attached hydrogens (tertiary/aromatic N) is 1. The van der Waals surface area contributed by atoms with Crippen LogP contribution in [0.3, 0.4) is 0 Å². The molecule has 1 aromatic heterocycles. The molecule has 0 amide bonds. The van der Waals surface area contributed by atoms with Crippen LogP contribution in [0, 0.1) is 6.92 Å². The van der Waals surface area contributed by atoms with Gasteiger partial charge < -0.3 is 15.9 Å². The van der Waals surface area contributed by atoms with Gasteiger partial charge in [0, 0.05) is 23.9 Å². The molecule has 0 aliphatic rings. The highest BCUT2D eigenvalue weighted by atomic mass is 32.2. The van der Waals surface area contributed by atoms with E-state index in [0.29, 0.717) is 11.3 Å². The van der Waals surface area contributed by atoms with E-state index in [1.54, 1.807) is 6.92 Å². The first-order chi connectivity index (χ1) is 7.43. The number of aryl methyl sites for hydroxylation is 1. The number of aromatic amines is 1. The lowest BCUT2D eigenvalue weighted by atomic mass is 10.1. The number of nitrogen functional groups attached to an aromatic ring is 1. The molecule has 16 heavy (non-hydrogen) atoms. The lowest BCUT2D eigenvalue weighted by molar-refractivity contribution is -0.109. The molecular formula is C9H15N3O3S. The Balaban J connectivity index is 2.70. The zero-order chi connectivity index (χ0) is 12.3. The fourth-order valence-electron chi connectivity index (χ4n) is 1.32. The summed E-state index contributed by atoms with van der Waals surface area (Å²) in [6.07, 6.45) is -2.18. The lowest BCUT2D eigenvalue weighted by Crippen LogP contribution is -2.22. The van der Waals surface area contributed by atoms with Gasteiger partial charge in [-0.25, -0.2) is 0 Å². The molecule has 0 bridgehead atoms. The Hall–Kier alpha value is -1.05. The summed E-state index contributed by atoms with van der Waals surface area (Å²) in [4.78, 5) is 10.7. The highest BCUT2D eigenvalue weighted by Crippen LogP contribution is 2.26. The second-order valence-corrected chi connectivity index (χ2v) is 4.66. The van der Waals surface area contributed by atoms with Gasteiger partial charge in [-0.15, -0.1) is 0 Å². The lowest BCUT2D eigenvalue weighted by Gasteiger charge is -2.17. The molecule has 0 radical (unpaired) electrons. The fourth-order valence-corrected chi connectivity index (χ4v) is 1.90. The Morgan fingerprint density at radius 1 is 1.62 bits per heavy atom. The third-order valence-corrected chi connectivity index (χ3v) is 3.06. The van der Waals surface area contributed by atoms with Gasteiger partial charge in [0.05, 0.1) is 6.10 Å². The van der Waals surface area contributed by atoms with E-state index in [4.69, 9.17) is 5.73 Å². The molecule has 1 rings (SSSR count). The summed E-state index contributed by atoms with van der Waals surface area (Å²) in [5.74, 6) is 0.289. The van der Waals surface area contributed by atoms with Gasteiger partial charge in [0.1, 0.15) is 6.10 Å². The van der Waals surface area contributed by atoms with E-state index < -0.39 is 12.2 Å². The number of anilines is 1. The molecule has 6 nitrogen and oxygen atoms in total. The van der Waals surface area contributed by atoms with Crippen LogP contribution in [-0.4, -0.2) is 37.4 Å². The minimum absolute atomic E-state index is 0.108. The average Bonchev–Trinajstić information content (AvgIpc) is 2.54. The summed E-state index contributed by atoms with van der Waals surface area (Å²) in [6.45, 7) is 3.11. The number of aliphatic hydroxyl groups excluding tert-OH is 2. The van der Waals surface area contributed by atoms with Crippen molar-refractivity contribution in [2.75, 3.05) is 11.5 Å². The van der Waals surface area contributed by atoms with Crippen molar-refractivity contribution < 1.29 is 15.0 Å². The van der Waals surface area contributed by atoms with Crippen LogP contribution in [0.25, 0.3) is 0 Å². The van der Waals surface area contributed by atoms with E-state index in [1.807, 2.05) is 0 Å². The molecule has 0 fully saturated rings. The highest BCUT2D eigenvalue weighted by molar-refractivity contribution is 8.13. The molecule has 0 aliphatic carbocycles.